The van der Waals surface area contributed by atoms with E-state index in [1.54, 1.807) is 6.07 Å². The Labute approximate surface area is 112 Å². The van der Waals surface area contributed by atoms with E-state index in [1.165, 1.54) is 12.1 Å². The number of hydrogen-bond acceptors (Lipinski definition) is 3. The number of hydrogen-bond donors (Lipinski definition) is 2. The number of aliphatic carboxylic acids is 1. The van der Waals surface area contributed by atoms with Crippen molar-refractivity contribution >= 4 is 5.97 Å². The predicted molar refractivity (Wildman–Crippen MR) is 70.5 cm³/mol. The number of carboxylic acids is 1. The molecule has 2 N–H and O–H groups in total. The second kappa shape index (κ2) is 7.09. The normalized spacial score (nSPS) is 11.2. The largest absolute Gasteiger partial charge is 0.505 e. The number of carbonyl (C=O) groups is 1. The second-order valence-electron chi connectivity index (χ2n) is 4.85. The molecule has 1 rings (SSSR count). The van der Waals surface area contributed by atoms with Crippen LogP contribution in [0.1, 0.15) is 32.3 Å². The van der Waals surface area contributed by atoms with E-state index in [9.17, 15) is 9.18 Å². The Morgan fingerprint density at radius 3 is 2.63 bits per heavy atom. The fraction of sp³-hybridized carbons (Fsp3) is 0.500. The van der Waals surface area contributed by atoms with Gasteiger partial charge in [-0.25, -0.2) is 4.39 Å². The van der Waals surface area contributed by atoms with E-state index < -0.39 is 11.8 Å². The average molecular weight is 269 g/mol. The highest BCUT2D eigenvalue weighted by molar-refractivity contribution is 5.66. The number of aromatic hydroxyl groups is 1. The van der Waals surface area contributed by atoms with Gasteiger partial charge >= 0.3 is 5.97 Å². The van der Waals surface area contributed by atoms with Gasteiger partial charge in [0.2, 0.25) is 0 Å². The maximum atomic E-state index is 13.2. The van der Waals surface area contributed by atoms with Crippen LogP contribution in [0.3, 0.4) is 0 Å². The van der Waals surface area contributed by atoms with E-state index in [2.05, 4.69) is 4.90 Å². The van der Waals surface area contributed by atoms with E-state index in [4.69, 9.17) is 10.2 Å². The van der Waals surface area contributed by atoms with Crippen molar-refractivity contribution in [3.63, 3.8) is 0 Å². The Bertz CT molecular complexity index is 435. The molecule has 1 aromatic rings. The molecule has 0 atom stereocenters. The molecule has 0 unspecified atom stereocenters. The van der Waals surface area contributed by atoms with E-state index in [0.29, 0.717) is 19.5 Å². The van der Waals surface area contributed by atoms with Gasteiger partial charge in [-0.1, -0.05) is 6.07 Å². The lowest BCUT2D eigenvalue weighted by atomic mass is 10.1. The minimum atomic E-state index is -0.806. The third-order valence-corrected chi connectivity index (χ3v) is 2.96. The summed E-state index contributed by atoms with van der Waals surface area (Å²) in [6, 6.07) is 4.55. The molecule has 0 aliphatic heterocycles. The first kappa shape index (κ1) is 15.4. The minimum Gasteiger partial charge on any atom is -0.505 e. The van der Waals surface area contributed by atoms with Gasteiger partial charge in [-0.15, -0.1) is 0 Å². The van der Waals surface area contributed by atoms with Crippen LogP contribution in [0.25, 0.3) is 0 Å². The molecule has 0 radical (unpaired) electrons. The zero-order valence-electron chi connectivity index (χ0n) is 11.3. The van der Waals surface area contributed by atoms with Crippen molar-refractivity contribution in [2.45, 2.75) is 39.3 Å². The Balaban J connectivity index is 2.62. The average Bonchev–Trinajstić information content (AvgIpc) is 2.32. The van der Waals surface area contributed by atoms with Gasteiger partial charge < -0.3 is 10.2 Å². The summed E-state index contributed by atoms with van der Waals surface area (Å²) in [4.78, 5) is 12.6. The molecule has 4 nitrogen and oxygen atoms in total. The quantitative estimate of drug-likeness (QED) is 0.798. The lowest BCUT2D eigenvalue weighted by Gasteiger charge is -2.26. The highest BCUT2D eigenvalue weighted by Crippen LogP contribution is 2.18. The first-order valence-electron chi connectivity index (χ1n) is 6.33. The molecule has 0 aromatic heterocycles. The molecule has 0 aliphatic carbocycles. The lowest BCUT2D eigenvalue weighted by Crippen LogP contribution is -2.31. The molecule has 0 spiro atoms. The molecule has 5 heteroatoms. The molecule has 0 saturated carbocycles. The highest BCUT2D eigenvalue weighted by atomic mass is 19.1. The van der Waals surface area contributed by atoms with Crippen LogP contribution in [0.5, 0.6) is 5.75 Å². The Morgan fingerprint density at radius 2 is 2.11 bits per heavy atom. The molecule has 1 aromatic carbocycles. The molecular weight excluding hydrogens is 249 g/mol. The SMILES string of the molecule is CC(C)N(CCCC(=O)O)Cc1ccc(O)c(F)c1. The van der Waals surface area contributed by atoms with Gasteiger partial charge in [-0.2, -0.15) is 0 Å². The third kappa shape index (κ3) is 5.26. The molecule has 0 heterocycles. The molecule has 106 valence electrons. The summed E-state index contributed by atoms with van der Waals surface area (Å²) < 4.78 is 13.2. The summed E-state index contributed by atoms with van der Waals surface area (Å²) in [7, 11) is 0. The number of benzene rings is 1. The molecule has 0 amide bonds. The van der Waals surface area contributed by atoms with E-state index >= 15 is 0 Å². The van der Waals surface area contributed by atoms with Crippen LogP contribution in [0, 0.1) is 5.82 Å². The van der Waals surface area contributed by atoms with Crippen LogP contribution in [-0.4, -0.2) is 33.7 Å². The fourth-order valence-electron chi connectivity index (χ4n) is 1.84. The van der Waals surface area contributed by atoms with Crippen molar-refractivity contribution in [1.29, 1.82) is 0 Å². The smallest absolute Gasteiger partial charge is 0.303 e. The summed E-state index contributed by atoms with van der Waals surface area (Å²) in [6.45, 7) is 5.20. The third-order valence-electron chi connectivity index (χ3n) is 2.96. The van der Waals surface area contributed by atoms with Crippen LogP contribution in [-0.2, 0) is 11.3 Å². The summed E-state index contributed by atoms with van der Waals surface area (Å²) in [5.74, 6) is -1.79. The van der Waals surface area contributed by atoms with E-state index in [0.717, 1.165) is 5.56 Å². The van der Waals surface area contributed by atoms with Crippen molar-refractivity contribution < 1.29 is 19.4 Å². The molecular formula is C14H20FNO3. The lowest BCUT2D eigenvalue weighted by molar-refractivity contribution is -0.137. The van der Waals surface area contributed by atoms with Crippen LogP contribution >= 0.6 is 0 Å². The second-order valence-corrected chi connectivity index (χ2v) is 4.85. The summed E-state index contributed by atoms with van der Waals surface area (Å²) in [5, 5.41) is 17.8. The maximum Gasteiger partial charge on any atom is 0.303 e. The van der Waals surface area contributed by atoms with E-state index in [-0.39, 0.29) is 18.2 Å². The first-order valence-corrected chi connectivity index (χ1v) is 6.33. The Morgan fingerprint density at radius 1 is 1.42 bits per heavy atom. The summed E-state index contributed by atoms with van der Waals surface area (Å²) >= 11 is 0. The number of nitrogens with zero attached hydrogens (tertiary/aromatic N) is 1. The number of phenols is 1. The molecule has 0 bridgehead atoms. The standard InChI is InChI=1S/C14H20FNO3/c1-10(2)16(7-3-4-14(18)19)9-11-5-6-13(17)12(15)8-11/h5-6,8,10,17H,3-4,7,9H2,1-2H3,(H,18,19). The maximum absolute atomic E-state index is 13.2. The van der Waals surface area contributed by atoms with Gasteiger partial charge in [0.15, 0.2) is 11.6 Å². The summed E-state index contributed by atoms with van der Waals surface area (Å²) in [6.07, 6.45) is 0.696. The summed E-state index contributed by atoms with van der Waals surface area (Å²) in [5.41, 5.74) is 0.763. The van der Waals surface area contributed by atoms with Crippen molar-refractivity contribution in [3.8, 4) is 5.75 Å². The number of rotatable bonds is 7. The van der Waals surface area contributed by atoms with Crippen molar-refractivity contribution in [1.82, 2.24) is 4.90 Å². The van der Waals surface area contributed by atoms with Gasteiger partial charge in [0.25, 0.3) is 0 Å². The minimum absolute atomic E-state index is 0.132. The zero-order chi connectivity index (χ0) is 14.4. The Hall–Kier alpha value is -1.62. The fourth-order valence-corrected chi connectivity index (χ4v) is 1.84. The molecule has 19 heavy (non-hydrogen) atoms. The first-order chi connectivity index (χ1) is 8.90. The van der Waals surface area contributed by atoms with Crippen molar-refractivity contribution in [2.24, 2.45) is 0 Å². The predicted octanol–water partition coefficient (Wildman–Crippen LogP) is 2.61. The van der Waals surface area contributed by atoms with Gasteiger partial charge in [-0.3, -0.25) is 9.69 Å². The van der Waals surface area contributed by atoms with Crippen LogP contribution in [0.15, 0.2) is 18.2 Å². The van der Waals surface area contributed by atoms with Gasteiger partial charge in [0, 0.05) is 19.0 Å². The van der Waals surface area contributed by atoms with Crippen molar-refractivity contribution in [2.75, 3.05) is 6.54 Å². The zero-order valence-corrected chi connectivity index (χ0v) is 11.3. The van der Waals surface area contributed by atoms with Crippen LogP contribution in [0.2, 0.25) is 0 Å². The van der Waals surface area contributed by atoms with Gasteiger partial charge in [-0.05, 0) is 44.5 Å². The Kier molecular flexibility index (Phi) is 5.76. The monoisotopic (exact) mass is 269 g/mol. The highest BCUT2D eigenvalue weighted by Gasteiger charge is 2.12. The topological polar surface area (TPSA) is 60.8 Å². The number of halogens is 1. The molecule has 0 aliphatic rings. The van der Waals surface area contributed by atoms with Gasteiger partial charge in [0.1, 0.15) is 0 Å². The van der Waals surface area contributed by atoms with Crippen LogP contribution < -0.4 is 0 Å². The van der Waals surface area contributed by atoms with Gasteiger partial charge in [0.05, 0.1) is 0 Å². The number of phenolic OH excluding ortho intramolecular Hbond substituents is 1. The molecule has 0 fully saturated rings. The molecule has 0 saturated heterocycles. The van der Waals surface area contributed by atoms with E-state index in [1.807, 2.05) is 13.8 Å². The number of carboxylic acid groups (broad SMARTS) is 1. The van der Waals surface area contributed by atoms with Crippen molar-refractivity contribution in [3.05, 3.63) is 29.6 Å². The van der Waals surface area contributed by atoms with Crippen LogP contribution in [0.4, 0.5) is 4.39 Å².